The van der Waals surface area contributed by atoms with Crippen molar-refractivity contribution >= 4 is 17.2 Å². The molecule has 4 nitrogen and oxygen atoms in total. The van der Waals surface area contributed by atoms with Gasteiger partial charge in [0.1, 0.15) is 16.3 Å². The van der Waals surface area contributed by atoms with Gasteiger partial charge in [-0.15, -0.1) is 11.3 Å². The van der Waals surface area contributed by atoms with Gasteiger partial charge in [0.25, 0.3) is 5.91 Å². The third kappa shape index (κ3) is 3.08. The number of hydrogen-bond donors (Lipinski definition) is 2. The number of thiazole rings is 1. The Labute approximate surface area is 150 Å². The van der Waals surface area contributed by atoms with Gasteiger partial charge in [-0.2, -0.15) is 0 Å². The Morgan fingerprint density at radius 2 is 1.92 bits per heavy atom. The minimum absolute atomic E-state index is 0.195. The summed E-state index contributed by atoms with van der Waals surface area (Å²) in [7, 11) is 0. The SMILES string of the molecule is O=C(NC[C@]1(O)CCc2ccccc21)c1csc(-c2ccccc2)n1. The van der Waals surface area contributed by atoms with Crippen molar-refractivity contribution in [1.82, 2.24) is 10.3 Å². The lowest BCUT2D eigenvalue weighted by Crippen LogP contribution is -2.39. The molecule has 0 bridgehead atoms. The second-order valence-corrected chi connectivity index (χ2v) is 7.13. The molecule has 1 atom stereocenters. The summed E-state index contributed by atoms with van der Waals surface area (Å²) < 4.78 is 0. The lowest BCUT2D eigenvalue weighted by Gasteiger charge is -2.24. The molecule has 0 spiro atoms. The number of benzene rings is 2. The second-order valence-electron chi connectivity index (χ2n) is 6.28. The molecule has 1 aromatic heterocycles. The highest BCUT2D eigenvalue weighted by Gasteiger charge is 2.36. The van der Waals surface area contributed by atoms with Crippen LogP contribution in [-0.2, 0) is 12.0 Å². The molecule has 2 N–H and O–H groups in total. The molecule has 1 heterocycles. The van der Waals surface area contributed by atoms with E-state index in [4.69, 9.17) is 0 Å². The fraction of sp³-hybridized carbons (Fsp3) is 0.200. The molecule has 1 aliphatic rings. The van der Waals surface area contributed by atoms with Crippen molar-refractivity contribution in [2.45, 2.75) is 18.4 Å². The van der Waals surface area contributed by atoms with Crippen molar-refractivity contribution in [3.63, 3.8) is 0 Å². The van der Waals surface area contributed by atoms with Crippen LogP contribution in [0.2, 0.25) is 0 Å². The zero-order valence-corrected chi connectivity index (χ0v) is 14.4. The zero-order chi connectivity index (χ0) is 17.3. The quantitative estimate of drug-likeness (QED) is 0.758. The van der Waals surface area contributed by atoms with Crippen molar-refractivity contribution in [3.05, 3.63) is 76.8 Å². The van der Waals surface area contributed by atoms with Crippen molar-refractivity contribution in [2.75, 3.05) is 6.54 Å². The second kappa shape index (κ2) is 6.43. The highest BCUT2D eigenvalue weighted by molar-refractivity contribution is 7.13. The molecule has 5 heteroatoms. The number of nitrogens with one attached hydrogen (secondary N) is 1. The molecule has 2 aromatic carbocycles. The number of aryl methyl sites for hydroxylation is 1. The van der Waals surface area contributed by atoms with E-state index in [1.807, 2.05) is 54.6 Å². The number of amides is 1. The third-order valence-corrected chi connectivity index (χ3v) is 5.52. The summed E-state index contributed by atoms with van der Waals surface area (Å²) in [6, 6.07) is 17.6. The number of rotatable bonds is 4. The fourth-order valence-electron chi connectivity index (χ4n) is 3.26. The number of hydrogen-bond acceptors (Lipinski definition) is 4. The normalized spacial score (nSPS) is 18.8. The van der Waals surface area contributed by atoms with Gasteiger partial charge in [-0.25, -0.2) is 4.98 Å². The molecule has 0 fully saturated rings. The summed E-state index contributed by atoms with van der Waals surface area (Å²) in [5.74, 6) is -0.253. The first-order valence-corrected chi connectivity index (χ1v) is 9.14. The molecule has 3 aromatic rings. The summed E-state index contributed by atoms with van der Waals surface area (Å²) in [6.45, 7) is 0.195. The van der Waals surface area contributed by atoms with Crippen LogP contribution >= 0.6 is 11.3 Å². The van der Waals surface area contributed by atoms with Crippen LogP contribution < -0.4 is 5.32 Å². The Morgan fingerprint density at radius 3 is 2.76 bits per heavy atom. The molecule has 1 amide bonds. The monoisotopic (exact) mass is 350 g/mol. The van der Waals surface area contributed by atoms with Crippen molar-refractivity contribution in [1.29, 1.82) is 0 Å². The molecule has 126 valence electrons. The van der Waals surface area contributed by atoms with Crippen molar-refractivity contribution < 1.29 is 9.90 Å². The largest absolute Gasteiger partial charge is 0.383 e. The average Bonchev–Trinajstić information content (AvgIpc) is 3.27. The molecule has 0 saturated carbocycles. The molecule has 0 saturated heterocycles. The first-order valence-electron chi connectivity index (χ1n) is 8.26. The Balaban J connectivity index is 1.46. The first-order chi connectivity index (χ1) is 12.2. The molecule has 4 rings (SSSR count). The standard InChI is InChI=1S/C20H18N2O2S/c23-18(17-12-25-19(22-17)15-7-2-1-3-8-15)21-13-20(24)11-10-14-6-4-5-9-16(14)20/h1-9,12,24H,10-11,13H2,(H,21,23)/t20-/m1/s1. The smallest absolute Gasteiger partial charge is 0.270 e. The highest BCUT2D eigenvalue weighted by atomic mass is 32.1. The molecular formula is C20H18N2O2S. The Hall–Kier alpha value is -2.50. The van der Waals surface area contributed by atoms with Crippen LogP contribution in [-0.4, -0.2) is 22.5 Å². The highest BCUT2D eigenvalue weighted by Crippen LogP contribution is 2.36. The van der Waals surface area contributed by atoms with Crippen LogP contribution in [0.3, 0.4) is 0 Å². The summed E-state index contributed by atoms with van der Waals surface area (Å²) in [4.78, 5) is 16.8. The van der Waals surface area contributed by atoms with E-state index in [-0.39, 0.29) is 12.5 Å². The zero-order valence-electron chi connectivity index (χ0n) is 13.6. The molecule has 0 aliphatic heterocycles. The fourth-order valence-corrected chi connectivity index (χ4v) is 4.07. The van der Waals surface area contributed by atoms with Crippen LogP contribution in [0.15, 0.2) is 60.0 Å². The average molecular weight is 350 g/mol. The van der Waals surface area contributed by atoms with Crippen LogP contribution in [0.4, 0.5) is 0 Å². The molecule has 1 aliphatic carbocycles. The Morgan fingerprint density at radius 1 is 1.16 bits per heavy atom. The Kier molecular flexibility index (Phi) is 4.11. The van der Waals surface area contributed by atoms with Gasteiger partial charge in [0.2, 0.25) is 0 Å². The van der Waals surface area contributed by atoms with Crippen LogP contribution in [0.5, 0.6) is 0 Å². The van der Waals surface area contributed by atoms with Gasteiger partial charge < -0.3 is 10.4 Å². The van der Waals surface area contributed by atoms with E-state index in [9.17, 15) is 9.90 Å². The van der Waals surface area contributed by atoms with Gasteiger partial charge >= 0.3 is 0 Å². The number of fused-ring (bicyclic) bond motifs is 1. The van der Waals surface area contributed by atoms with Gasteiger partial charge in [0.15, 0.2) is 0 Å². The maximum Gasteiger partial charge on any atom is 0.270 e. The molecule has 0 radical (unpaired) electrons. The van der Waals surface area contributed by atoms with E-state index in [0.717, 1.165) is 28.1 Å². The van der Waals surface area contributed by atoms with Crippen LogP contribution in [0, 0.1) is 0 Å². The van der Waals surface area contributed by atoms with Gasteiger partial charge in [0.05, 0.1) is 6.54 Å². The summed E-state index contributed by atoms with van der Waals surface area (Å²) >= 11 is 1.44. The van der Waals surface area contributed by atoms with Gasteiger partial charge in [-0.3, -0.25) is 4.79 Å². The van der Waals surface area contributed by atoms with E-state index < -0.39 is 5.60 Å². The lowest BCUT2D eigenvalue weighted by atomic mass is 9.96. The predicted molar refractivity (Wildman–Crippen MR) is 98.5 cm³/mol. The molecule has 0 unspecified atom stereocenters. The van der Waals surface area contributed by atoms with E-state index in [1.54, 1.807) is 5.38 Å². The van der Waals surface area contributed by atoms with E-state index in [0.29, 0.717) is 12.1 Å². The summed E-state index contributed by atoms with van der Waals surface area (Å²) in [6.07, 6.45) is 1.45. The Bertz CT molecular complexity index is 907. The van der Waals surface area contributed by atoms with Crippen molar-refractivity contribution in [2.24, 2.45) is 0 Å². The molecule has 25 heavy (non-hydrogen) atoms. The maximum atomic E-state index is 12.4. The van der Waals surface area contributed by atoms with Crippen molar-refractivity contribution in [3.8, 4) is 10.6 Å². The summed E-state index contributed by atoms with van der Waals surface area (Å²) in [5.41, 5.74) is 2.45. The number of nitrogens with zero attached hydrogens (tertiary/aromatic N) is 1. The van der Waals surface area contributed by atoms with E-state index in [1.165, 1.54) is 11.3 Å². The number of aliphatic hydroxyl groups is 1. The van der Waals surface area contributed by atoms with Gasteiger partial charge in [0, 0.05) is 10.9 Å². The summed E-state index contributed by atoms with van der Waals surface area (Å²) in [5, 5.41) is 16.3. The van der Waals surface area contributed by atoms with E-state index >= 15 is 0 Å². The third-order valence-electron chi connectivity index (χ3n) is 4.63. The van der Waals surface area contributed by atoms with Gasteiger partial charge in [-0.1, -0.05) is 54.6 Å². The predicted octanol–water partition coefficient (Wildman–Crippen LogP) is 3.37. The van der Waals surface area contributed by atoms with Crippen LogP contribution in [0.25, 0.3) is 10.6 Å². The first kappa shape index (κ1) is 16.0. The number of carbonyl (C=O) groups is 1. The van der Waals surface area contributed by atoms with Gasteiger partial charge in [-0.05, 0) is 24.0 Å². The van der Waals surface area contributed by atoms with E-state index in [2.05, 4.69) is 10.3 Å². The minimum atomic E-state index is -0.996. The van der Waals surface area contributed by atoms with Crippen LogP contribution in [0.1, 0.15) is 28.0 Å². The lowest BCUT2D eigenvalue weighted by molar-refractivity contribution is 0.0369. The number of carbonyl (C=O) groups excluding carboxylic acids is 1. The maximum absolute atomic E-state index is 12.4. The minimum Gasteiger partial charge on any atom is -0.383 e. The molecular weight excluding hydrogens is 332 g/mol. The topological polar surface area (TPSA) is 62.2 Å². The number of aromatic nitrogens is 1.